The van der Waals surface area contributed by atoms with Crippen molar-refractivity contribution in [2.45, 2.75) is 38.3 Å². The lowest BCUT2D eigenvalue weighted by atomic mass is 9.93. The molecule has 2 aromatic carbocycles. The quantitative estimate of drug-likeness (QED) is 0.233. The minimum Gasteiger partial charge on any atom is -0.366 e. The summed E-state index contributed by atoms with van der Waals surface area (Å²) in [6.07, 6.45) is 8.68. The molecule has 0 unspecified atom stereocenters. The second-order valence-corrected chi connectivity index (χ2v) is 10.9. The van der Waals surface area contributed by atoms with Crippen LogP contribution in [-0.4, -0.2) is 37.6 Å². The van der Waals surface area contributed by atoms with E-state index in [1.165, 1.54) is 16.7 Å². The van der Waals surface area contributed by atoms with Crippen molar-refractivity contribution in [3.05, 3.63) is 124 Å². The molecule has 1 saturated heterocycles. The van der Waals surface area contributed by atoms with Crippen LogP contribution in [0.3, 0.4) is 0 Å². The number of aromatic nitrogens is 4. The molecule has 0 atom stereocenters. The SMILES string of the molecule is Brc1cnn2c(NCc3cccnc3)cc(C3CCN(Cc4ccc(Cc5ccccc5)cc4)CC3)nc12. The lowest BCUT2D eigenvalue weighted by Crippen LogP contribution is -2.32. The first-order valence-electron chi connectivity index (χ1n) is 13.2. The molecule has 6 nitrogen and oxygen atoms in total. The van der Waals surface area contributed by atoms with Gasteiger partial charge in [-0.15, -0.1) is 0 Å². The predicted octanol–water partition coefficient (Wildman–Crippen LogP) is 6.47. The minimum atomic E-state index is 0.435. The van der Waals surface area contributed by atoms with E-state index in [9.17, 15) is 0 Å². The summed E-state index contributed by atoms with van der Waals surface area (Å²) in [6.45, 7) is 3.83. The first-order chi connectivity index (χ1) is 18.7. The molecule has 0 amide bonds. The molecular weight excluding hydrogens is 536 g/mol. The van der Waals surface area contributed by atoms with Gasteiger partial charge in [0.15, 0.2) is 5.65 Å². The fraction of sp³-hybridized carbons (Fsp3) is 0.258. The van der Waals surface area contributed by atoms with Gasteiger partial charge >= 0.3 is 0 Å². The molecule has 0 saturated carbocycles. The molecule has 1 aliphatic rings. The first kappa shape index (κ1) is 24.8. The fourth-order valence-electron chi connectivity index (χ4n) is 5.22. The maximum Gasteiger partial charge on any atom is 0.171 e. The van der Waals surface area contributed by atoms with Crippen molar-refractivity contribution in [2.75, 3.05) is 18.4 Å². The van der Waals surface area contributed by atoms with Crippen LogP contribution in [0.25, 0.3) is 5.65 Å². The molecule has 3 aromatic heterocycles. The van der Waals surface area contributed by atoms with Crippen LogP contribution in [-0.2, 0) is 19.5 Å². The third-order valence-electron chi connectivity index (χ3n) is 7.33. The third-order valence-corrected chi connectivity index (χ3v) is 7.89. The molecule has 5 aromatic rings. The molecule has 0 radical (unpaired) electrons. The van der Waals surface area contributed by atoms with E-state index < -0.39 is 0 Å². The summed E-state index contributed by atoms with van der Waals surface area (Å²) in [5.41, 5.74) is 7.22. The molecule has 0 aliphatic carbocycles. The van der Waals surface area contributed by atoms with Crippen LogP contribution in [0.2, 0.25) is 0 Å². The average molecular weight is 568 g/mol. The maximum absolute atomic E-state index is 5.01. The number of hydrogen-bond donors (Lipinski definition) is 1. The summed E-state index contributed by atoms with van der Waals surface area (Å²) in [4.78, 5) is 11.8. The number of benzene rings is 2. The summed E-state index contributed by atoms with van der Waals surface area (Å²) in [7, 11) is 0. The molecule has 192 valence electrons. The topological polar surface area (TPSA) is 58.4 Å². The number of piperidine rings is 1. The van der Waals surface area contributed by atoms with E-state index in [0.29, 0.717) is 12.5 Å². The van der Waals surface area contributed by atoms with E-state index in [2.05, 4.69) is 103 Å². The zero-order chi connectivity index (χ0) is 25.7. The van der Waals surface area contributed by atoms with Gasteiger partial charge in [-0.2, -0.15) is 9.61 Å². The molecule has 1 fully saturated rings. The van der Waals surface area contributed by atoms with E-state index >= 15 is 0 Å². The van der Waals surface area contributed by atoms with Gasteiger partial charge in [-0.25, -0.2) is 4.98 Å². The Morgan fingerprint density at radius 3 is 2.34 bits per heavy atom. The van der Waals surface area contributed by atoms with Crippen molar-refractivity contribution in [2.24, 2.45) is 0 Å². The minimum absolute atomic E-state index is 0.435. The smallest absolute Gasteiger partial charge is 0.171 e. The molecule has 38 heavy (non-hydrogen) atoms. The van der Waals surface area contributed by atoms with Gasteiger partial charge in [0.05, 0.1) is 10.7 Å². The van der Waals surface area contributed by atoms with Crippen molar-refractivity contribution >= 4 is 27.4 Å². The lowest BCUT2D eigenvalue weighted by molar-refractivity contribution is 0.203. The molecule has 6 rings (SSSR count). The average Bonchev–Trinajstić information content (AvgIpc) is 3.35. The van der Waals surface area contributed by atoms with Gasteiger partial charge < -0.3 is 5.32 Å². The summed E-state index contributed by atoms with van der Waals surface area (Å²) >= 11 is 3.63. The van der Waals surface area contributed by atoms with Crippen LogP contribution in [0.5, 0.6) is 0 Å². The fourth-order valence-corrected chi connectivity index (χ4v) is 5.57. The van der Waals surface area contributed by atoms with E-state index in [1.54, 1.807) is 6.20 Å². The third kappa shape index (κ3) is 5.79. The van der Waals surface area contributed by atoms with Crippen LogP contribution in [0.1, 0.15) is 46.7 Å². The Hall–Kier alpha value is -3.55. The molecule has 1 N–H and O–H groups in total. The summed E-state index contributed by atoms with van der Waals surface area (Å²) < 4.78 is 2.79. The van der Waals surface area contributed by atoms with Gasteiger partial charge in [0.2, 0.25) is 0 Å². The van der Waals surface area contributed by atoms with Gasteiger partial charge in [-0.05, 0) is 76.6 Å². The zero-order valence-corrected chi connectivity index (χ0v) is 22.9. The van der Waals surface area contributed by atoms with Crippen molar-refractivity contribution in [3.63, 3.8) is 0 Å². The number of likely N-dealkylation sites (tertiary alicyclic amines) is 1. The molecule has 1 aliphatic heterocycles. The van der Waals surface area contributed by atoms with Gasteiger partial charge in [-0.1, -0.05) is 60.7 Å². The van der Waals surface area contributed by atoms with E-state index in [1.807, 2.05) is 23.0 Å². The first-order valence-corrected chi connectivity index (χ1v) is 14.0. The highest BCUT2D eigenvalue weighted by Crippen LogP contribution is 2.31. The van der Waals surface area contributed by atoms with E-state index in [-0.39, 0.29) is 0 Å². The van der Waals surface area contributed by atoms with Gasteiger partial charge in [-0.3, -0.25) is 9.88 Å². The highest BCUT2D eigenvalue weighted by Gasteiger charge is 2.23. The number of fused-ring (bicyclic) bond motifs is 1. The van der Waals surface area contributed by atoms with E-state index in [4.69, 9.17) is 4.98 Å². The largest absolute Gasteiger partial charge is 0.366 e. The van der Waals surface area contributed by atoms with E-state index in [0.717, 1.165) is 66.1 Å². The Kier molecular flexibility index (Phi) is 7.47. The number of rotatable bonds is 8. The Bertz CT molecular complexity index is 1480. The monoisotopic (exact) mass is 566 g/mol. The highest BCUT2D eigenvalue weighted by atomic mass is 79.9. The Balaban J connectivity index is 1.09. The Morgan fingerprint density at radius 1 is 0.842 bits per heavy atom. The second-order valence-electron chi connectivity index (χ2n) is 10.0. The predicted molar refractivity (Wildman–Crippen MR) is 155 cm³/mol. The molecule has 4 heterocycles. The van der Waals surface area contributed by atoms with Gasteiger partial charge in [0, 0.05) is 43.2 Å². The maximum atomic E-state index is 5.01. The second kappa shape index (κ2) is 11.5. The highest BCUT2D eigenvalue weighted by molar-refractivity contribution is 9.10. The lowest BCUT2D eigenvalue weighted by Gasteiger charge is -2.32. The number of pyridine rings is 1. The van der Waals surface area contributed by atoms with Crippen LogP contribution < -0.4 is 5.32 Å². The number of halogens is 1. The van der Waals surface area contributed by atoms with Crippen molar-refractivity contribution < 1.29 is 0 Å². The molecule has 7 heteroatoms. The molecular formula is C31H31BrN6. The number of nitrogens with one attached hydrogen (secondary N) is 1. The number of nitrogens with zero attached hydrogens (tertiary/aromatic N) is 5. The standard InChI is InChI=1S/C31H31BrN6/c32-28-21-35-38-30(34-20-26-7-4-14-33-19-26)18-29(36-31(28)38)27-12-15-37(16-13-27)22-25-10-8-24(9-11-25)17-23-5-2-1-3-6-23/h1-11,14,18-19,21,27,34H,12-13,15-17,20,22H2. The summed E-state index contributed by atoms with van der Waals surface area (Å²) in [6, 6.07) is 26.0. The van der Waals surface area contributed by atoms with Gasteiger partial charge in [0.1, 0.15) is 5.82 Å². The van der Waals surface area contributed by atoms with Gasteiger partial charge in [0.25, 0.3) is 0 Å². The summed E-state index contributed by atoms with van der Waals surface area (Å²) in [5.74, 6) is 1.39. The normalized spacial score (nSPS) is 14.7. The van der Waals surface area contributed by atoms with Crippen molar-refractivity contribution in [1.82, 2.24) is 24.5 Å². The van der Waals surface area contributed by atoms with Crippen LogP contribution in [0.4, 0.5) is 5.82 Å². The van der Waals surface area contributed by atoms with Crippen molar-refractivity contribution in [3.8, 4) is 0 Å². The molecule has 0 spiro atoms. The van der Waals surface area contributed by atoms with Crippen molar-refractivity contribution in [1.29, 1.82) is 0 Å². The summed E-state index contributed by atoms with van der Waals surface area (Å²) in [5, 5.41) is 8.07. The van der Waals surface area contributed by atoms with Crippen LogP contribution in [0, 0.1) is 0 Å². The Labute approximate surface area is 231 Å². The van der Waals surface area contributed by atoms with Crippen LogP contribution >= 0.6 is 15.9 Å². The molecule has 0 bridgehead atoms. The Morgan fingerprint density at radius 2 is 1.58 bits per heavy atom. The number of hydrogen-bond acceptors (Lipinski definition) is 5. The zero-order valence-electron chi connectivity index (χ0n) is 21.3. The number of anilines is 1. The van der Waals surface area contributed by atoms with Crippen LogP contribution in [0.15, 0.2) is 95.9 Å².